The first-order chi connectivity index (χ1) is 12.6. The van der Waals surface area contributed by atoms with Crippen LogP contribution in [0.3, 0.4) is 0 Å². The Balaban J connectivity index is 1.95. The van der Waals surface area contributed by atoms with Crippen molar-refractivity contribution in [3.63, 3.8) is 0 Å². The molecule has 26 heavy (non-hydrogen) atoms. The number of benzene rings is 1. The molecule has 0 fully saturated rings. The third-order valence-electron chi connectivity index (χ3n) is 4.75. The molecule has 0 unspecified atom stereocenters. The van der Waals surface area contributed by atoms with E-state index in [1.54, 1.807) is 6.20 Å². The molecule has 4 rings (SSSR count). The quantitative estimate of drug-likeness (QED) is 0.418. The summed E-state index contributed by atoms with van der Waals surface area (Å²) in [5.74, 6) is -0.678. The Morgan fingerprint density at radius 2 is 1.85 bits per heavy atom. The molecule has 132 valence electrons. The van der Waals surface area contributed by atoms with E-state index < -0.39 is 5.89 Å². The van der Waals surface area contributed by atoms with E-state index in [1.165, 1.54) is 0 Å². The van der Waals surface area contributed by atoms with Crippen LogP contribution in [0.5, 0.6) is 0 Å². The van der Waals surface area contributed by atoms with Crippen LogP contribution in [0.2, 0.25) is 0 Å². The minimum Gasteiger partial charge on any atom is -0.437 e. The fourth-order valence-electron chi connectivity index (χ4n) is 3.19. The van der Waals surface area contributed by atoms with Gasteiger partial charge in [0, 0.05) is 35.0 Å². The Morgan fingerprint density at radius 1 is 1.04 bits per heavy atom. The number of hydrogen-bond acceptors (Lipinski definition) is 3. The number of furan rings is 1. The highest BCUT2D eigenvalue weighted by atomic mass is 16.3. The van der Waals surface area contributed by atoms with Gasteiger partial charge >= 0.3 is 0 Å². The summed E-state index contributed by atoms with van der Waals surface area (Å²) in [4.78, 5) is 9.29. The minimum atomic E-state index is -0.678. The predicted octanol–water partition coefficient (Wildman–Crippen LogP) is 6.46. The SMILES string of the molecule is [2H]C(C)(C)c1ccnc(-c2cccc3c2oc2nc(C(C)(C)C)ccc23)c1. The van der Waals surface area contributed by atoms with Crippen molar-refractivity contribution in [2.24, 2.45) is 0 Å². The first-order valence-corrected chi connectivity index (χ1v) is 8.94. The summed E-state index contributed by atoms with van der Waals surface area (Å²) < 4.78 is 14.5. The van der Waals surface area contributed by atoms with Crippen LogP contribution in [0.25, 0.3) is 33.3 Å². The topological polar surface area (TPSA) is 38.9 Å². The zero-order valence-electron chi connectivity index (χ0n) is 16.9. The summed E-state index contributed by atoms with van der Waals surface area (Å²) in [5.41, 5.74) is 5.08. The van der Waals surface area contributed by atoms with E-state index in [-0.39, 0.29) is 5.41 Å². The third-order valence-corrected chi connectivity index (χ3v) is 4.75. The molecule has 0 aliphatic heterocycles. The first kappa shape index (κ1) is 15.6. The molecule has 3 heterocycles. The standard InChI is InChI=1S/C23H24N2O/c1-14(2)15-11-12-24-19(13-15)18-8-6-7-16-17-9-10-20(23(3,4)5)25-22(17)26-21(16)18/h6-14H,1-5H3/i14D. The second-order valence-corrected chi connectivity index (χ2v) is 8.01. The summed E-state index contributed by atoms with van der Waals surface area (Å²) in [6.45, 7) is 10.2. The van der Waals surface area contributed by atoms with E-state index in [2.05, 4.69) is 44.0 Å². The average molecular weight is 345 g/mol. The van der Waals surface area contributed by atoms with Gasteiger partial charge in [-0.1, -0.05) is 46.8 Å². The molecular weight excluding hydrogens is 320 g/mol. The molecule has 0 amide bonds. The van der Waals surface area contributed by atoms with Gasteiger partial charge in [-0.2, -0.15) is 0 Å². The lowest BCUT2D eigenvalue weighted by Gasteiger charge is -2.16. The summed E-state index contributed by atoms with van der Waals surface area (Å²) >= 11 is 0. The molecule has 4 aromatic rings. The van der Waals surface area contributed by atoms with Crippen LogP contribution in [0.15, 0.2) is 53.1 Å². The molecule has 0 bridgehead atoms. The van der Waals surface area contributed by atoms with Crippen molar-refractivity contribution in [3.05, 3.63) is 59.9 Å². The summed E-state index contributed by atoms with van der Waals surface area (Å²) in [6, 6.07) is 14.1. The largest absolute Gasteiger partial charge is 0.437 e. The van der Waals surface area contributed by atoms with Crippen molar-refractivity contribution in [1.29, 1.82) is 0 Å². The molecule has 1 aromatic carbocycles. The Labute approximate surface area is 155 Å². The van der Waals surface area contributed by atoms with Gasteiger partial charge < -0.3 is 4.42 Å². The Kier molecular flexibility index (Phi) is 3.56. The molecule has 0 aliphatic carbocycles. The number of rotatable bonds is 2. The number of fused-ring (bicyclic) bond motifs is 3. The maximum atomic E-state index is 8.30. The highest BCUT2D eigenvalue weighted by molar-refractivity contribution is 6.08. The van der Waals surface area contributed by atoms with E-state index in [1.807, 2.05) is 38.1 Å². The molecule has 0 saturated heterocycles. The fraction of sp³-hybridized carbons (Fsp3) is 0.304. The van der Waals surface area contributed by atoms with Crippen LogP contribution >= 0.6 is 0 Å². The van der Waals surface area contributed by atoms with Crippen LogP contribution in [0.1, 0.15) is 53.1 Å². The van der Waals surface area contributed by atoms with Crippen LogP contribution in [0.4, 0.5) is 0 Å². The third kappa shape index (κ3) is 2.78. The molecule has 0 aliphatic rings. The van der Waals surface area contributed by atoms with Crippen LogP contribution in [0, 0.1) is 0 Å². The molecule has 3 heteroatoms. The molecule has 3 nitrogen and oxygen atoms in total. The van der Waals surface area contributed by atoms with Crippen molar-refractivity contribution in [2.75, 3.05) is 0 Å². The smallest absolute Gasteiger partial charge is 0.227 e. The van der Waals surface area contributed by atoms with Crippen LogP contribution in [-0.2, 0) is 5.41 Å². The molecular formula is C23H24N2O. The Bertz CT molecular complexity index is 1150. The van der Waals surface area contributed by atoms with Gasteiger partial charge in [-0.05, 0) is 41.8 Å². The van der Waals surface area contributed by atoms with Crippen molar-refractivity contribution in [2.45, 2.75) is 45.9 Å². The molecule has 0 atom stereocenters. The number of para-hydroxylation sites is 1. The second-order valence-electron chi connectivity index (χ2n) is 8.01. The van der Waals surface area contributed by atoms with Gasteiger partial charge in [-0.3, -0.25) is 4.98 Å². The first-order valence-electron chi connectivity index (χ1n) is 9.44. The highest BCUT2D eigenvalue weighted by Gasteiger charge is 2.19. The van der Waals surface area contributed by atoms with Crippen LogP contribution in [-0.4, -0.2) is 9.97 Å². The fourth-order valence-corrected chi connectivity index (χ4v) is 3.19. The summed E-state index contributed by atoms with van der Waals surface area (Å²) in [5, 5.41) is 2.05. The van der Waals surface area contributed by atoms with E-state index in [9.17, 15) is 0 Å². The predicted molar refractivity (Wildman–Crippen MR) is 108 cm³/mol. The lowest BCUT2D eigenvalue weighted by Crippen LogP contribution is -2.12. The van der Waals surface area contributed by atoms with Gasteiger partial charge in [0.05, 0.1) is 5.69 Å². The Morgan fingerprint density at radius 3 is 2.58 bits per heavy atom. The van der Waals surface area contributed by atoms with Gasteiger partial charge in [-0.15, -0.1) is 0 Å². The monoisotopic (exact) mass is 345 g/mol. The zero-order chi connectivity index (χ0) is 19.4. The molecule has 0 N–H and O–H groups in total. The minimum absolute atomic E-state index is 0.0361. The normalized spacial score (nSPS) is 13.3. The zero-order valence-corrected chi connectivity index (χ0v) is 15.9. The Hall–Kier alpha value is -2.68. The maximum Gasteiger partial charge on any atom is 0.227 e. The van der Waals surface area contributed by atoms with Crippen molar-refractivity contribution < 1.29 is 5.79 Å². The second kappa shape index (κ2) is 5.94. The molecule has 0 saturated carbocycles. The van der Waals surface area contributed by atoms with Gasteiger partial charge in [-0.25, -0.2) is 4.98 Å². The van der Waals surface area contributed by atoms with Crippen molar-refractivity contribution >= 4 is 22.1 Å². The molecule has 3 aromatic heterocycles. The van der Waals surface area contributed by atoms with E-state index >= 15 is 0 Å². The lowest BCUT2D eigenvalue weighted by atomic mass is 9.91. The summed E-state index contributed by atoms with van der Waals surface area (Å²) in [7, 11) is 0. The van der Waals surface area contributed by atoms with Crippen molar-refractivity contribution in [1.82, 2.24) is 9.97 Å². The molecule has 0 spiro atoms. The van der Waals surface area contributed by atoms with E-state index in [0.717, 1.165) is 38.9 Å². The highest BCUT2D eigenvalue weighted by Crippen LogP contribution is 2.36. The number of aromatic nitrogens is 2. The average Bonchev–Trinajstić information content (AvgIpc) is 2.98. The van der Waals surface area contributed by atoms with Gasteiger partial charge in [0.1, 0.15) is 5.58 Å². The van der Waals surface area contributed by atoms with Crippen LogP contribution < -0.4 is 0 Å². The number of nitrogens with zero attached hydrogens (tertiary/aromatic N) is 2. The van der Waals surface area contributed by atoms with Crippen molar-refractivity contribution in [3.8, 4) is 11.3 Å². The number of hydrogen-bond donors (Lipinski definition) is 0. The molecule has 0 radical (unpaired) electrons. The van der Waals surface area contributed by atoms with E-state index in [4.69, 9.17) is 10.8 Å². The number of pyridine rings is 2. The van der Waals surface area contributed by atoms with E-state index in [0.29, 0.717) is 5.71 Å². The maximum absolute atomic E-state index is 8.30. The van der Waals surface area contributed by atoms with Gasteiger partial charge in [0.2, 0.25) is 5.71 Å². The van der Waals surface area contributed by atoms with Gasteiger partial charge in [0.25, 0.3) is 0 Å². The summed E-state index contributed by atoms with van der Waals surface area (Å²) in [6.07, 6.45) is 1.76. The van der Waals surface area contributed by atoms with Gasteiger partial charge in [0.15, 0.2) is 0 Å². The lowest BCUT2D eigenvalue weighted by molar-refractivity contribution is 0.562.